The van der Waals surface area contributed by atoms with Crippen LogP contribution in [0.15, 0.2) is 41.0 Å². The van der Waals surface area contributed by atoms with Crippen molar-refractivity contribution >= 4 is 5.91 Å². The number of rotatable bonds is 5. The molecule has 2 unspecified atom stereocenters. The maximum absolute atomic E-state index is 14.2. The second-order valence-electron chi connectivity index (χ2n) is 5.91. The molecule has 2 heterocycles. The number of likely N-dealkylation sites (tertiary alicyclic amines) is 1. The van der Waals surface area contributed by atoms with Crippen LogP contribution >= 0.6 is 0 Å². The summed E-state index contributed by atoms with van der Waals surface area (Å²) in [6, 6.07) is 7.49. The number of ether oxygens (including phenoxy) is 1. The quantitative estimate of drug-likeness (QED) is 0.913. The number of carbonyl (C=O) groups is 1. The predicted molar refractivity (Wildman–Crippen MR) is 85.3 cm³/mol. The summed E-state index contributed by atoms with van der Waals surface area (Å²) in [7, 11) is 1.45. The zero-order valence-electron chi connectivity index (χ0n) is 13.4. The van der Waals surface area contributed by atoms with Gasteiger partial charge in [-0.15, -0.1) is 0 Å². The number of furan rings is 1. The highest BCUT2D eigenvalue weighted by Crippen LogP contribution is 2.29. The van der Waals surface area contributed by atoms with Crippen LogP contribution < -0.4 is 4.74 Å². The van der Waals surface area contributed by atoms with E-state index in [-0.39, 0.29) is 17.5 Å². The van der Waals surface area contributed by atoms with Crippen LogP contribution in [0.2, 0.25) is 0 Å². The van der Waals surface area contributed by atoms with E-state index in [0.29, 0.717) is 24.5 Å². The third kappa shape index (κ3) is 3.28. The van der Waals surface area contributed by atoms with E-state index in [9.17, 15) is 14.3 Å². The summed E-state index contributed by atoms with van der Waals surface area (Å²) in [4.78, 5) is 14.3. The molecule has 5 nitrogen and oxygen atoms in total. The first kappa shape index (κ1) is 16.5. The Kier molecular flexibility index (Phi) is 4.85. The van der Waals surface area contributed by atoms with Crippen LogP contribution in [0.4, 0.5) is 4.39 Å². The molecule has 6 heteroatoms. The van der Waals surface area contributed by atoms with Gasteiger partial charge in [0.2, 0.25) is 0 Å². The van der Waals surface area contributed by atoms with Gasteiger partial charge in [-0.3, -0.25) is 4.79 Å². The van der Waals surface area contributed by atoms with E-state index in [1.165, 1.54) is 25.5 Å². The molecule has 2 aromatic rings. The van der Waals surface area contributed by atoms with Crippen molar-refractivity contribution in [2.24, 2.45) is 0 Å². The van der Waals surface area contributed by atoms with E-state index in [4.69, 9.17) is 9.15 Å². The Morgan fingerprint density at radius 3 is 3.00 bits per heavy atom. The van der Waals surface area contributed by atoms with Crippen LogP contribution in [0, 0.1) is 5.82 Å². The molecule has 1 aromatic carbocycles. The molecule has 1 aromatic heterocycles. The molecule has 1 amide bonds. The number of nitrogens with zero attached hydrogens (tertiary/aromatic N) is 1. The van der Waals surface area contributed by atoms with E-state index in [2.05, 4.69) is 0 Å². The Balaban J connectivity index is 1.74. The Labute approximate surface area is 139 Å². The molecule has 1 aliphatic rings. The lowest BCUT2D eigenvalue weighted by Crippen LogP contribution is -2.36. The van der Waals surface area contributed by atoms with Gasteiger partial charge in [0.25, 0.3) is 5.91 Å². The van der Waals surface area contributed by atoms with E-state index in [1.54, 1.807) is 23.1 Å². The topological polar surface area (TPSA) is 62.9 Å². The first-order valence-electron chi connectivity index (χ1n) is 7.96. The zero-order valence-corrected chi connectivity index (χ0v) is 13.4. The Hall–Kier alpha value is -2.34. The van der Waals surface area contributed by atoms with Crippen LogP contribution in [0.5, 0.6) is 5.75 Å². The SMILES string of the molecule is COc1ccc(C(=O)N2CCCC2CC(O)c2ccco2)c(F)c1. The number of hydrogen-bond donors (Lipinski definition) is 1. The summed E-state index contributed by atoms with van der Waals surface area (Å²) in [5.41, 5.74) is 0.0233. The average molecular weight is 333 g/mol. The molecule has 0 radical (unpaired) electrons. The zero-order chi connectivity index (χ0) is 17.1. The first-order valence-corrected chi connectivity index (χ1v) is 7.96. The van der Waals surface area contributed by atoms with Gasteiger partial charge < -0.3 is 19.2 Å². The van der Waals surface area contributed by atoms with Gasteiger partial charge in [0.15, 0.2) is 0 Å². The highest BCUT2D eigenvalue weighted by Gasteiger charge is 2.32. The Morgan fingerprint density at radius 2 is 2.33 bits per heavy atom. The molecular formula is C18H20FNO4. The lowest BCUT2D eigenvalue weighted by molar-refractivity contribution is 0.0637. The minimum Gasteiger partial charge on any atom is -0.497 e. The fourth-order valence-electron chi connectivity index (χ4n) is 3.15. The monoisotopic (exact) mass is 333 g/mol. The average Bonchev–Trinajstić information content (AvgIpc) is 3.25. The smallest absolute Gasteiger partial charge is 0.257 e. The van der Waals surface area contributed by atoms with Crippen molar-refractivity contribution in [3.8, 4) is 5.75 Å². The van der Waals surface area contributed by atoms with E-state index in [1.807, 2.05) is 0 Å². The maximum atomic E-state index is 14.2. The van der Waals surface area contributed by atoms with Gasteiger partial charge in [-0.05, 0) is 37.1 Å². The second-order valence-corrected chi connectivity index (χ2v) is 5.91. The van der Waals surface area contributed by atoms with E-state index >= 15 is 0 Å². The summed E-state index contributed by atoms with van der Waals surface area (Å²) in [5, 5.41) is 10.2. The minimum atomic E-state index is -0.779. The van der Waals surface area contributed by atoms with Crippen molar-refractivity contribution in [3.63, 3.8) is 0 Å². The largest absolute Gasteiger partial charge is 0.497 e. The van der Waals surface area contributed by atoms with Gasteiger partial charge in [0, 0.05) is 25.1 Å². The predicted octanol–water partition coefficient (Wildman–Crippen LogP) is 3.16. The number of benzene rings is 1. The van der Waals surface area contributed by atoms with Crippen molar-refractivity contribution in [1.29, 1.82) is 0 Å². The number of methoxy groups -OCH3 is 1. The summed E-state index contributed by atoms with van der Waals surface area (Å²) < 4.78 is 24.3. The molecule has 0 aliphatic carbocycles. The number of hydrogen-bond acceptors (Lipinski definition) is 4. The summed E-state index contributed by atoms with van der Waals surface area (Å²) in [6.07, 6.45) is 2.71. The van der Waals surface area contributed by atoms with Crippen molar-refractivity contribution in [1.82, 2.24) is 4.90 Å². The normalized spacial score (nSPS) is 18.6. The van der Waals surface area contributed by atoms with Gasteiger partial charge in [-0.25, -0.2) is 4.39 Å². The lowest BCUT2D eigenvalue weighted by Gasteiger charge is -2.26. The molecular weight excluding hydrogens is 313 g/mol. The highest BCUT2D eigenvalue weighted by atomic mass is 19.1. The molecule has 24 heavy (non-hydrogen) atoms. The third-order valence-electron chi connectivity index (χ3n) is 4.41. The molecule has 3 rings (SSSR count). The summed E-state index contributed by atoms with van der Waals surface area (Å²) >= 11 is 0. The number of aliphatic hydroxyl groups excluding tert-OH is 1. The molecule has 0 bridgehead atoms. The summed E-state index contributed by atoms with van der Waals surface area (Å²) in [5.74, 6) is -0.110. The minimum absolute atomic E-state index is 0.0233. The number of amides is 1. The fourth-order valence-corrected chi connectivity index (χ4v) is 3.15. The van der Waals surface area contributed by atoms with Crippen molar-refractivity contribution < 1.29 is 23.4 Å². The summed E-state index contributed by atoms with van der Waals surface area (Å²) in [6.45, 7) is 0.555. The third-order valence-corrected chi connectivity index (χ3v) is 4.41. The van der Waals surface area contributed by atoms with Crippen LogP contribution in [0.1, 0.15) is 41.5 Å². The second kappa shape index (κ2) is 7.05. The number of halogens is 1. The molecule has 2 atom stereocenters. The number of aliphatic hydroxyl groups is 1. The first-order chi connectivity index (χ1) is 11.6. The number of carbonyl (C=O) groups excluding carboxylic acids is 1. The molecule has 0 spiro atoms. The highest BCUT2D eigenvalue weighted by molar-refractivity contribution is 5.95. The Bertz CT molecular complexity index is 701. The van der Waals surface area contributed by atoms with Crippen molar-refractivity contribution in [2.45, 2.75) is 31.4 Å². The maximum Gasteiger partial charge on any atom is 0.257 e. The van der Waals surface area contributed by atoms with Crippen molar-refractivity contribution in [3.05, 3.63) is 53.7 Å². The van der Waals surface area contributed by atoms with Gasteiger partial charge in [-0.2, -0.15) is 0 Å². The van der Waals surface area contributed by atoms with Crippen LogP contribution in [0.25, 0.3) is 0 Å². The fraction of sp³-hybridized carbons (Fsp3) is 0.389. The van der Waals surface area contributed by atoms with Crippen LogP contribution in [-0.4, -0.2) is 35.6 Å². The van der Waals surface area contributed by atoms with Gasteiger partial charge in [-0.1, -0.05) is 0 Å². The molecule has 1 saturated heterocycles. The van der Waals surface area contributed by atoms with Gasteiger partial charge in [0.05, 0.1) is 18.9 Å². The van der Waals surface area contributed by atoms with Gasteiger partial charge in [0.1, 0.15) is 23.4 Å². The molecule has 1 N–H and O–H groups in total. The van der Waals surface area contributed by atoms with E-state index < -0.39 is 11.9 Å². The van der Waals surface area contributed by atoms with Crippen molar-refractivity contribution in [2.75, 3.05) is 13.7 Å². The molecule has 128 valence electrons. The molecule has 1 aliphatic heterocycles. The van der Waals surface area contributed by atoms with Gasteiger partial charge >= 0.3 is 0 Å². The van der Waals surface area contributed by atoms with Crippen LogP contribution in [0.3, 0.4) is 0 Å². The van der Waals surface area contributed by atoms with Crippen LogP contribution in [-0.2, 0) is 0 Å². The van der Waals surface area contributed by atoms with E-state index in [0.717, 1.165) is 12.8 Å². The Morgan fingerprint density at radius 1 is 1.50 bits per heavy atom. The standard InChI is InChI=1S/C18H20FNO4/c1-23-13-6-7-14(15(19)11-13)18(22)20-8-2-4-12(20)10-16(21)17-5-3-9-24-17/h3,5-7,9,11-12,16,21H,2,4,8,10H2,1H3. The lowest BCUT2D eigenvalue weighted by atomic mass is 10.0. The molecule has 1 fully saturated rings. The molecule has 0 saturated carbocycles.